The van der Waals surface area contributed by atoms with Gasteiger partial charge in [0.05, 0.1) is 0 Å². The van der Waals surface area contributed by atoms with Gasteiger partial charge in [0.15, 0.2) is 0 Å². The van der Waals surface area contributed by atoms with E-state index in [0.717, 1.165) is 36.6 Å². The first-order valence-corrected chi connectivity index (χ1v) is 8.50. The Hall–Kier alpha value is -2.10. The molecular weight excluding hydrogens is 284 g/mol. The summed E-state index contributed by atoms with van der Waals surface area (Å²) < 4.78 is 0. The van der Waals surface area contributed by atoms with E-state index in [9.17, 15) is 0 Å². The summed E-state index contributed by atoms with van der Waals surface area (Å²) in [6, 6.07) is 8.43. The zero-order valence-electron chi connectivity index (χ0n) is 14.9. The minimum absolute atomic E-state index is 0.578. The van der Waals surface area contributed by atoms with Gasteiger partial charge in [0, 0.05) is 24.0 Å². The summed E-state index contributed by atoms with van der Waals surface area (Å²) in [5.41, 5.74) is 4.70. The van der Waals surface area contributed by atoms with Gasteiger partial charge >= 0.3 is 0 Å². The largest absolute Gasteiger partial charge is 0.370 e. The second-order valence-electron chi connectivity index (χ2n) is 6.28. The summed E-state index contributed by atoms with van der Waals surface area (Å²) in [5, 5.41) is 6.83. The maximum Gasteiger partial charge on any atom is 0.229 e. The molecule has 1 heterocycles. The number of para-hydroxylation sites is 1. The van der Waals surface area contributed by atoms with Gasteiger partial charge < -0.3 is 10.6 Å². The molecule has 4 heteroatoms. The Morgan fingerprint density at radius 2 is 1.70 bits per heavy atom. The molecule has 0 unspecified atom stereocenters. The Kier molecular flexibility index (Phi) is 5.97. The van der Waals surface area contributed by atoms with Crippen LogP contribution in [0.2, 0.25) is 0 Å². The molecule has 0 aliphatic rings. The van der Waals surface area contributed by atoms with Crippen LogP contribution >= 0.6 is 0 Å². The summed E-state index contributed by atoms with van der Waals surface area (Å²) in [4.78, 5) is 9.16. The zero-order chi connectivity index (χ0) is 16.8. The van der Waals surface area contributed by atoms with Gasteiger partial charge in [-0.1, -0.05) is 45.9 Å². The molecule has 0 aliphatic heterocycles. The molecular formula is C19H28N4. The highest BCUT2D eigenvalue weighted by Gasteiger charge is 2.09. The van der Waals surface area contributed by atoms with E-state index in [1.54, 1.807) is 0 Å². The van der Waals surface area contributed by atoms with E-state index in [-0.39, 0.29) is 0 Å². The van der Waals surface area contributed by atoms with E-state index in [2.05, 4.69) is 66.5 Å². The van der Waals surface area contributed by atoms with Gasteiger partial charge in [-0.25, -0.2) is 4.98 Å². The van der Waals surface area contributed by atoms with E-state index < -0.39 is 0 Å². The van der Waals surface area contributed by atoms with Crippen molar-refractivity contribution in [2.45, 2.75) is 47.5 Å². The number of aromatic nitrogens is 2. The van der Waals surface area contributed by atoms with Crippen molar-refractivity contribution in [2.24, 2.45) is 5.92 Å². The average Bonchev–Trinajstić information content (AvgIpc) is 2.52. The maximum atomic E-state index is 4.62. The van der Waals surface area contributed by atoms with E-state index in [1.807, 2.05) is 13.0 Å². The molecule has 2 rings (SSSR count). The number of aryl methyl sites for hydroxylation is 3. The molecule has 0 saturated carbocycles. The van der Waals surface area contributed by atoms with Crippen molar-refractivity contribution in [1.29, 1.82) is 0 Å². The second kappa shape index (κ2) is 7.95. The van der Waals surface area contributed by atoms with Gasteiger partial charge in [-0.3, -0.25) is 0 Å². The molecule has 0 radical (unpaired) electrons. The van der Waals surface area contributed by atoms with Crippen LogP contribution in [0.3, 0.4) is 0 Å². The third-order valence-electron chi connectivity index (χ3n) is 3.78. The Balaban J connectivity index is 2.30. The highest BCUT2D eigenvalue weighted by Crippen LogP contribution is 2.25. The number of rotatable bonds is 7. The molecule has 0 fully saturated rings. The molecule has 4 nitrogen and oxygen atoms in total. The van der Waals surface area contributed by atoms with Crippen LogP contribution in [0.25, 0.3) is 0 Å². The van der Waals surface area contributed by atoms with Crippen LogP contribution < -0.4 is 10.6 Å². The molecule has 0 bridgehead atoms. The Morgan fingerprint density at radius 3 is 2.26 bits per heavy atom. The SMILES string of the molecule is CCc1cccc(CC)c1Nc1nc(C)cc(NCC(C)C)n1. The first-order chi connectivity index (χ1) is 11.0. The lowest BCUT2D eigenvalue weighted by atomic mass is 10.0. The molecule has 0 aliphatic carbocycles. The monoisotopic (exact) mass is 312 g/mol. The molecule has 23 heavy (non-hydrogen) atoms. The fraction of sp³-hybridized carbons (Fsp3) is 0.474. The molecule has 2 N–H and O–H groups in total. The van der Waals surface area contributed by atoms with Gasteiger partial charge in [-0.15, -0.1) is 0 Å². The van der Waals surface area contributed by atoms with Gasteiger partial charge in [0.1, 0.15) is 5.82 Å². The van der Waals surface area contributed by atoms with Crippen LogP contribution in [0, 0.1) is 12.8 Å². The summed E-state index contributed by atoms with van der Waals surface area (Å²) in [5.74, 6) is 2.11. The number of hydrogen-bond donors (Lipinski definition) is 2. The van der Waals surface area contributed by atoms with Crippen molar-refractivity contribution < 1.29 is 0 Å². The highest BCUT2D eigenvalue weighted by molar-refractivity contribution is 5.64. The number of nitrogens with one attached hydrogen (secondary N) is 2. The van der Waals surface area contributed by atoms with Crippen LogP contribution in [0.5, 0.6) is 0 Å². The fourth-order valence-electron chi connectivity index (χ4n) is 2.54. The topological polar surface area (TPSA) is 49.8 Å². The molecule has 0 spiro atoms. The first-order valence-electron chi connectivity index (χ1n) is 8.50. The quantitative estimate of drug-likeness (QED) is 0.776. The van der Waals surface area contributed by atoms with Crippen LogP contribution in [0.1, 0.15) is 44.5 Å². The van der Waals surface area contributed by atoms with Crippen molar-refractivity contribution in [3.63, 3.8) is 0 Å². The summed E-state index contributed by atoms with van der Waals surface area (Å²) >= 11 is 0. The third kappa shape index (κ3) is 4.68. The van der Waals surface area contributed by atoms with Crippen molar-refractivity contribution in [3.8, 4) is 0 Å². The maximum absolute atomic E-state index is 4.62. The van der Waals surface area contributed by atoms with Crippen LogP contribution in [-0.4, -0.2) is 16.5 Å². The molecule has 2 aromatic rings. The average molecular weight is 312 g/mol. The number of hydrogen-bond acceptors (Lipinski definition) is 4. The lowest BCUT2D eigenvalue weighted by molar-refractivity contribution is 0.687. The van der Waals surface area contributed by atoms with E-state index in [1.165, 1.54) is 11.1 Å². The van der Waals surface area contributed by atoms with E-state index >= 15 is 0 Å². The molecule has 0 atom stereocenters. The van der Waals surface area contributed by atoms with Crippen LogP contribution in [0.15, 0.2) is 24.3 Å². The first kappa shape index (κ1) is 17.3. The summed E-state index contributed by atoms with van der Waals surface area (Å²) in [7, 11) is 0. The van der Waals surface area contributed by atoms with Gasteiger partial charge in [0.2, 0.25) is 5.95 Å². The van der Waals surface area contributed by atoms with Crippen molar-refractivity contribution >= 4 is 17.5 Å². The Morgan fingerprint density at radius 1 is 1.04 bits per heavy atom. The highest BCUT2D eigenvalue weighted by atomic mass is 15.1. The van der Waals surface area contributed by atoms with Crippen molar-refractivity contribution in [1.82, 2.24) is 9.97 Å². The van der Waals surface area contributed by atoms with E-state index in [4.69, 9.17) is 0 Å². The molecule has 1 aromatic carbocycles. The minimum atomic E-state index is 0.578. The van der Waals surface area contributed by atoms with E-state index in [0.29, 0.717) is 11.9 Å². The normalized spacial score (nSPS) is 10.9. The number of nitrogens with zero attached hydrogens (tertiary/aromatic N) is 2. The smallest absolute Gasteiger partial charge is 0.229 e. The fourth-order valence-corrected chi connectivity index (χ4v) is 2.54. The predicted molar refractivity (Wildman–Crippen MR) is 98.6 cm³/mol. The van der Waals surface area contributed by atoms with Gasteiger partial charge in [-0.2, -0.15) is 4.98 Å². The third-order valence-corrected chi connectivity index (χ3v) is 3.78. The predicted octanol–water partition coefficient (Wildman–Crippen LogP) is 4.72. The summed E-state index contributed by atoms with van der Waals surface area (Å²) in [6.07, 6.45) is 1.97. The minimum Gasteiger partial charge on any atom is -0.370 e. The Labute approximate surface area is 139 Å². The standard InChI is InChI=1S/C19H28N4/c1-6-15-9-8-10-16(7-2)18(15)23-19-21-14(5)11-17(22-19)20-12-13(3)4/h8-11,13H,6-7,12H2,1-5H3,(H2,20,21,22,23). The van der Waals surface area contributed by atoms with Crippen LogP contribution in [0.4, 0.5) is 17.5 Å². The lowest BCUT2D eigenvalue weighted by Crippen LogP contribution is -2.11. The van der Waals surface area contributed by atoms with Crippen LogP contribution in [-0.2, 0) is 12.8 Å². The summed E-state index contributed by atoms with van der Waals surface area (Å²) in [6.45, 7) is 11.6. The number of anilines is 3. The van der Waals surface area contributed by atoms with Gasteiger partial charge in [-0.05, 0) is 36.8 Å². The van der Waals surface area contributed by atoms with Crippen molar-refractivity contribution in [2.75, 3.05) is 17.2 Å². The molecule has 0 amide bonds. The van der Waals surface area contributed by atoms with Gasteiger partial charge in [0.25, 0.3) is 0 Å². The van der Waals surface area contributed by atoms with Crippen molar-refractivity contribution in [3.05, 3.63) is 41.1 Å². The second-order valence-corrected chi connectivity index (χ2v) is 6.28. The molecule has 1 aromatic heterocycles. The lowest BCUT2D eigenvalue weighted by Gasteiger charge is -2.16. The number of benzene rings is 1. The Bertz CT molecular complexity index is 628. The molecule has 0 saturated heterocycles. The molecule has 124 valence electrons. The zero-order valence-corrected chi connectivity index (χ0v) is 14.9.